The number of benzene rings is 2. The van der Waals surface area contributed by atoms with Gasteiger partial charge in [-0.1, -0.05) is 61.0 Å². The quantitative estimate of drug-likeness (QED) is 0.817. The number of halogens is 1. The summed E-state index contributed by atoms with van der Waals surface area (Å²) in [6.45, 7) is 3.22. The van der Waals surface area contributed by atoms with E-state index in [0.29, 0.717) is 18.4 Å². The summed E-state index contributed by atoms with van der Waals surface area (Å²) in [5.74, 6) is 0. The fraction of sp³-hybridized carbons (Fsp3) is 0.429. The summed E-state index contributed by atoms with van der Waals surface area (Å²) in [5, 5.41) is -0.575. The number of rotatable bonds is 5. The van der Waals surface area contributed by atoms with E-state index in [-0.39, 0.29) is 0 Å². The van der Waals surface area contributed by atoms with Gasteiger partial charge < -0.3 is 0 Å². The molecule has 0 radical (unpaired) electrons. The Morgan fingerprint density at radius 3 is 2.23 bits per heavy atom. The van der Waals surface area contributed by atoms with Crippen molar-refractivity contribution in [3.63, 3.8) is 0 Å². The lowest BCUT2D eigenvalue weighted by molar-refractivity contribution is 0.0712. The molecule has 3 nitrogen and oxygen atoms in total. The first-order valence-electron chi connectivity index (χ1n) is 9.19. The third-order valence-electron chi connectivity index (χ3n) is 5.23. The summed E-state index contributed by atoms with van der Waals surface area (Å²) in [4.78, 5) is 0. The summed E-state index contributed by atoms with van der Waals surface area (Å²) in [7, 11) is -3.52. The molecule has 1 saturated carbocycles. The molecule has 1 aliphatic rings. The van der Waals surface area contributed by atoms with Crippen LogP contribution in [0.4, 0.5) is 4.39 Å². The van der Waals surface area contributed by atoms with Crippen LogP contribution >= 0.6 is 0 Å². The molecular formula is C21H26FNO2S. The van der Waals surface area contributed by atoms with Crippen LogP contribution in [0.5, 0.6) is 0 Å². The van der Waals surface area contributed by atoms with Gasteiger partial charge in [0.05, 0.1) is 11.3 Å². The SMILES string of the molecule is CC(C)S(=O)(=O)N[C@H]1CCCC[C@]1(F)c1ccc(-c2ccccc2)cc1. The highest BCUT2D eigenvalue weighted by molar-refractivity contribution is 7.90. The Balaban J connectivity index is 1.89. The molecule has 2 aromatic carbocycles. The minimum Gasteiger partial charge on any atom is -0.237 e. The van der Waals surface area contributed by atoms with Gasteiger partial charge in [-0.2, -0.15) is 0 Å². The lowest BCUT2D eigenvalue weighted by Gasteiger charge is -2.38. The van der Waals surface area contributed by atoms with Gasteiger partial charge in [-0.15, -0.1) is 0 Å². The smallest absolute Gasteiger partial charge is 0.214 e. The van der Waals surface area contributed by atoms with E-state index in [1.54, 1.807) is 26.0 Å². The van der Waals surface area contributed by atoms with E-state index in [0.717, 1.165) is 24.0 Å². The third kappa shape index (κ3) is 3.84. The van der Waals surface area contributed by atoms with Gasteiger partial charge in [0, 0.05) is 0 Å². The Bertz CT molecular complexity index is 834. The minimum atomic E-state index is -3.52. The molecule has 0 aliphatic heterocycles. The predicted octanol–water partition coefficient (Wildman–Crippen LogP) is 4.79. The molecule has 1 aliphatic carbocycles. The molecule has 0 heterocycles. The van der Waals surface area contributed by atoms with E-state index >= 15 is 4.39 Å². The van der Waals surface area contributed by atoms with E-state index in [9.17, 15) is 8.42 Å². The van der Waals surface area contributed by atoms with Crippen LogP contribution in [0.15, 0.2) is 54.6 Å². The fourth-order valence-electron chi connectivity index (χ4n) is 3.54. The maximum Gasteiger partial charge on any atom is 0.214 e. The van der Waals surface area contributed by atoms with E-state index < -0.39 is 27.0 Å². The van der Waals surface area contributed by atoms with Crippen molar-refractivity contribution in [2.24, 2.45) is 0 Å². The normalized spacial score (nSPS) is 23.9. The number of sulfonamides is 1. The molecule has 26 heavy (non-hydrogen) atoms. The largest absolute Gasteiger partial charge is 0.237 e. The second-order valence-corrected chi connectivity index (χ2v) is 9.58. The van der Waals surface area contributed by atoms with Crippen molar-refractivity contribution in [3.05, 3.63) is 60.2 Å². The predicted molar refractivity (Wildman–Crippen MR) is 104 cm³/mol. The second kappa shape index (κ2) is 7.49. The van der Waals surface area contributed by atoms with Crippen LogP contribution in [0.2, 0.25) is 0 Å². The summed E-state index contributed by atoms with van der Waals surface area (Å²) in [6.07, 6.45) is 2.45. The summed E-state index contributed by atoms with van der Waals surface area (Å²) in [6, 6.07) is 16.6. The van der Waals surface area contributed by atoms with Gasteiger partial charge in [0.2, 0.25) is 10.0 Å². The lowest BCUT2D eigenvalue weighted by atomic mass is 9.77. The highest BCUT2D eigenvalue weighted by Crippen LogP contribution is 2.42. The topological polar surface area (TPSA) is 46.2 Å². The molecule has 0 bridgehead atoms. The molecule has 0 aromatic heterocycles. The zero-order chi connectivity index (χ0) is 18.8. The van der Waals surface area contributed by atoms with Crippen LogP contribution in [0, 0.1) is 0 Å². The van der Waals surface area contributed by atoms with Gasteiger partial charge in [-0.3, -0.25) is 0 Å². The maximum atomic E-state index is 16.0. The molecule has 0 unspecified atom stereocenters. The second-order valence-electron chi connectivity index (χ2n) is 7.32. The van der Waals surface area contributed by atoms with E-state index in [1.807, 2.05) is 42.5 Å². The van der Waals surface area contributed by atoms with Gasteiger partial charge in [0.1, 0.15) is 0 Å². The van der Waals surface area contributed by atoms with Gasteiger partial charge in [0.15, 0.2) is 5.67 Å². The van der Waals surface area contributed by atoms with Gasteiger partial charge in [0.25, 0.3) is 0 Å². The minimum absolute atomic E-state index is 0.336. The van der Waals surface area contributed by atoms with Crippen LogP contribution in [0.1, 0.15) is 45.1 Å². The first kappa shape index (κ1) is 19.1. The first-order chi connectivity index (χ1) is 12.3. The van der Waals surface area contributed by atoms with Crippen LogP contribution in [-0.2, 0) is 15.7 Å². The van der Waals surface area contributed by atoms with E-state index in [2.05, 4.69) is 4.72 Å². The average molecular weight is 376 g/mol. The lowest BCUT2D eigenvalue weighted by Crippen LogP contribution is -2.51. The number of nitrogens with one attached hydrogen (secondary N) is 1. The maximum absolute atomic E-state index is 16.0. The Hall–Kier alpha value is -1.72. The zero-order valence-corrected chi connectivity index (χ0v) is 16.1. The van der Waals surface area contributed by atoms with Crippen LogP contribution in [0.3, 0.4) is 0 Å². The van der Waals surface area contributed by atoms with Crippen molar-refractivity contribution >= 4 is 10.0 Å². The van der Waals surface area contributed by atoms with Crippen molar-refractivity contribution in [1.82, 2.24) is 4.72 Å². The molecular weight excluding hydrogens is 349 g/mol. The van der Waals surface area contributed by atoms with Gasteiger partial charge >= 0.3 is 0 Å². The molecule has 140 valence electrons. The average Bonchev–Trinajstić information content (AvgIpc) is 2.64. The van der Waals surface area contributed by atoms with Crippen molar-refractivity contribution in [1.29, 1.82) is 0 Å². The summed E-state index contributed by atoms with van der Waals surface area (Å²) >= 11 is 0. The molecule has 5 heteroatoms. The van der Waals surface area contributed by atoms with Crippen molar-refractivity contribution in [3.8, 4) is 11.1 Å². The molecule has 2 aromatic rings. The molecule has 2 atom stereocenters. The van der Waals surface area contributed by atoms with Crippen molar-refractivity contribution in [2.75, 3.05) is 0 Å². The molecule has 0 amide bonds. The molecule has 0 saturated heterocycles. The number of alkyl halides is 1. The molecule has 0 spiro atoms. The molecule has 3 rings (SSSR count). The molecule has 1 fully saturated rings. The highest BCUT2D eigenvalue weighted by Gasteiger charge is 2.44. The van der Waals surface area contributed by atoms with E-state index in [1.165, 1.54) is 0 Å². The standard InChI is InChI=1S/C21H26FNO2S/c1-16(2)26(24,25)23-20-10-6-7-15-21(20,22)19-13-11-18(12-14-19)17-8-4-3-5-9-17/h3-5,8-9,11-14,16,20,23H,6-7,10,15H2,1-2H3/t20-,21-/m0/s1. The third-order valence-corrected chi connectivity index (χ3v) is 7.09. The Kier molecular flexibility index (Phi) is 5.49. The van der Waals surface area contributed by atoms with Crippen LogP contribution < -0.4 is 4.72 Å². The Morgan fingerprint density at radius 2 is 1.62 bits per heavy atom. The highest BCUT2D eigenvalue weighted by atomic mass is 32.2. The van der Waals surface area contributed by atoms with Crippen LogP contribution in [0.25, 0.3) is 11.1 Å². The van der Waals surface area contributed by atoms with Gasteiger partial charge in [-0.25, -0.2) is 17.5 Å². The van der Waals surface area contributed by atoms with Crippen molar-refractivity contribution in [2.45, 2.75) is 56.5 Å². The van der Waals surface area contributed by atoms with E-state index in [4.69, 9.17) is 0 Å². The first-order valence-corrected chi connectivity index (χ1v) is 10.7. The Labute approximate surface area is 155 Å². The monoisotopic (exact) mass is 375 g/mol. The van der Waals surface area contributed by atoms with Gasteiger partial charge in [-0.05, 0) is 49.8 Å². The number of hydrogen-bond donors (Lipinski definition) is 1. The van der Waals surface area contributed by atoms with Crippen LogP contribution in [-0.4, -0.2) is 19.7 Å². The summed E-state index contributed by atoms with van der Waals surface area (Å²) < 4.78 is 43.2. The summed E-state index contributed by atoms with van der Waals surface area (Å²) in [5.41, 5.74) is 0.976. The fourth-order valence-corrected chi connectivity index (χ4v) is 4.51. The van der Waals surface area contributed by atoms with Crippen molar-refractivity contribution < 1.29 is 12.8 Å². The Morgan fingerprint density at radius 1 is 1.00 bits per heavy atom. The molecule has 1 N–H and O–H groups in total. The zero-order valence-electron chi connectivity index (χ0n) is 15.3. The number of hydrogen-bond acceptors (Lipinski definition) is 2.